The fourth-order valence-corrected chi connectivity index (χ4v) is 2.58. The number of hydrogen-bond acceptors (Lipinski definition) is 5. The van der Waals surface area contributed by atoms with Crippen molar-refractivity contribution >= 4 is 23.2 Å². The smallest absolute Gasteiger partial charge is 0.351 e. The molecule has 2 aromatic carbocycles. The van der Waals surface area contributed by atoms with Crippen LogP contribution in [-0.4, -0.2) is 26.9 Å². The first kappa shape index (κ1) is 19.4. The maximum atomic E-state index is 12.6. The van der Waals surface area contributed by atoms with Crippen molar-refractivity contribution in [1.29, 1.82) is 0 Å². The number of nitrogens with zero attached hydrogens (tertiary/aromatic N) is 3. The van der Waals surface area contributed by atoms with Crippen molar-refractivity contribution in [3.05, 3.63) is 80.1 Å². The standard InChI is InChI=1S/C19H17ClN4O4/c1-3-28-15-10-6-13(7-11-15)21-17(25)16-18(26)23(2)19(27)24(22-16)14-8-4-12(20)5-9-14/h4-11H,3H2,1-2H3,(H,21,25). The number of nitrogens with one attached hydrogen (secondary N) is 1. The number of anilines is 1. The van der Waals surface area contributed by atoms with Crippen molar-refractivity contribution in [3.63, 3.8) is 0 Å². The zero-order valence-corrected chi connectivity index (χ0v) is 15.9. The maximum absolute atomic E-state index is 12.6. The molecule has 1 aromatic heterocycles. The largest absolute Gasteiger partial charge is 0.494 e. The molecular weight excluding hydrogens is 384 g/mol. The van der Waals surface area contributed by atoms with E-state index in [-0.39, 0.29) is 0 Å². The van der Waals surface area contributed by atoms with Crippen LogP contribution < -0.4 is 21.3 Å². The number of halogens is 1. The van der Waals surface area contributed by atoms with E-state index in [4.69, 9.17) is 16.3 Å². The summed E-state index contributed by atoms with van der Waals surface area (Å²) in [6.45, 7) is 2.39. The topological polar surface area (TPSA) is 95.2 Å². The van der Waals surface area contributed by atoms with Crippen molar-refractivity contribution in [3.8, 4) is 11.4 Å². The summed E-state index contributed by atoms with van der Waals surface area (Å²) >= 11 is 5.86. The van der Waals surface area contributed by atoms with Crippen molar-refractivity contribution in [2.75, 3.05) is 11.9 Å². The van der Waals surface area contributed by atoms with Crippen LogP contribution in [0, 0.1) is 0 Å². The second-order valence-corrected chi connectivity index (χ2v) is 6.23. The van der Waals surface area contributed by atoms with Gasteiger partial charge in [-0.3, -0.25) is 14.2 Å². The molecule has 0 fully saturated rings. The molecular formula is C19H17ClN4O4. The second-order valence-electron chi connectivity index (χ2n) is 5.80. The van der Waals surface area contributed by atoms with Crippen molar-refractivity contribution in [1.82, 2.24) is 14.3 Å². The quantitative estimate of drug-likeness (QED) is 0.708. The molecule has 0 unspecified atom stereocenters. The lowest BCUT2D eigenvalue weighted by Gasteiger charge is -2.10. The predicted octanol–water partition coefficient (Wildman–Crippen LogP) is 2.24. The highest BCUT2D eigenvalue weighted by molar-refractivity contribution is 6.30. The molecule has 3 rings (SSSR count). The summed E-state index contributed by atoms with van der Waals surface area (Å²) in [5.41, 5.74) is -1.05. The number of carbonyl (C=O) groups is 1. The molecule has 1 N–H and O–H groups in total. The molecule has 0 aliphatic carbocycles. The molecule has 144 valence electrons. The van der Waals surface area contributed by atoms with Crippen LogP contribution in [0.2, 0.25) is 5.02 Å². The Kier molecular flexibility index (Phi) is 5.60. The van der Waals surface area contributed by atoms with Gasteiger partial charge in [-0.2, -0.15) is 9.78 Å². The molecule has 0 saturated carbocycles. The Morgan fingerprint density at radius 2 is 1.75 bits per heavy atom. The molecule has 0 spiro atoms. The van der Waals surface area contributed by atoms with E-state index in [2.05, 4.69) is 10.4 Å². The van der Waals surface area contributed by atoms with Gasteiger partial charge >= 0.3 is 5.69 Å². The number of rotatable bonds is 5. The van der Waals surface area contributed by atoms with E-state index in [0.29, 0.717) is 28.8 Å². The molecule has 0 bridgehead atoms. The zero-order valence-electron chi connectivity index (χ0n) is 15.2. The first-order chi connectivity index (χ1) is 13.4. The van der Waals surface area contributed by atoms with Crippen molar-refractivity contribution in [2.24, 2.45) is 7.05 Å². The summed E-state index contributed by atoms with van der Waals surface area (Å²) in [7, 11) is 1.28. The Hall–Kier alpha value is -3.39. The van der Waals surface area contributed by atoms with Crippen molar-refractivity contribution in [2.45, 2.75) is 6.92 Å². The summed E-state index contributed by atoms with van der Waals surface area (Å²) in [5.74, 6) is -0.0710. The van der Waals surface area contributed by atoms with E-state index in [0.717, 1.165) is 9.25 Å². The van der Waals surface area contributed by atoms with Crippen LogP contribution in [0.15, 0.2) is 58.1 Å². The van der Waals surface area contributed by atoms with Gasteiger partial charge < -0.3 is 10.1 Å². The minimum absolute atomic E-state index is 0.375. The molecule has 3 aromatic rings. The van der Waals surface area contributed by atoms with E-state index < -0.39 is 22.9 Å². The molecule has 0 atom stereocenters. The van der Waals surface area contributed by atoms with Crippen LogP contribution in [0.4, 0.5) is 5.69 Å². The zero-order chi connectivity index (χ0) is 20.3. The fourth-order valence-electron chi connectivity index (χ4n) is 2.46. The Bertz CT molecular complexity index is 1120. The number of ether oxygens (including phenoxy) is 1. The van der Waals surface area contributed by atoms with Crippen LogP contribution in [0.1, 0.15) is 17.4 Å². The summed E-state index contributed by atoms with van der Waals surface area (Å²) < 4.78 is 7.15. The molecule has 0 aliphatic heterocycles. The van der Waals surface area contributed by atoms with E-state index in [9.17, 15) is 14.4 Å². The molecule has 0 radical (unpaired) electrons. The third kappa shape index (κ3) is 3.96. The molecule has 8 nitrogen and oxygen atoms in total. The lowest BCUT2D eigenvalue weighted by molar-refractivity contribution is 0.101. The van der Waals surface area contributed by atoms with E-state index >= 15 is 0 Å². The maximum Gasteiger partial charge on any atom is 0.351 e. The molecule has 0 saturated heterocycles. The minimum atomic E-state index is -0.793. The first-order valence-electron chi connectivity index (χ1n) is 8.41. The third-order valence-electron chi connectivity index (χ3n) is 3.88. The third-order valence-corrected chi connectivity index (χ3v) is 4.14. The van der Waals surface area contributed by atoms with Gasteiger partial charge in [0.05, 0.1) is 12.3 Å². The Morgan fingerprint density at radius 1 is 1.11 bits per heavy atom. The van der Waals surface area contributed by atoms with E-state index in [1.54, 1.807) is 48.5 Å². The molecule has 1 heterocycles. The summed E-state index contributed by atoms with van der Waals surface area (Å²) in [6, 6.07) is 13.0. The van der Waals surface area contributed by atoms with Gasteiger partial charge in [-0.15, -0.1) is 0 Å². The van der Waals surface area contributed by atoms with E-state index in [1.807, 2.05) is 6.92 Å². The first-order valence-corrected chi connectivity index (χ1v) is 8.79. The van der Waals surface area contributed by atoms with Gasteiger partial charge in [0.2, 0.25) is 5.69 Å². The van der Waals surface area contributed by atoms with Gasteiger partial charge in [0.15, 0.2) is 0 Å². The van der Waals surface area contributed by atoms with Gasteiger partial charge in [0.25, 0.3) is 11.5 Å². The summed E-state index contributed by atoms with van der Waals surface area (Å²) in [5, 5.41) is 7.04. The fraction of sp³-hybridized carbons (Fsp3) is 0.158. The average Bonchev–Trinajstić information content (AvgIpc) is 2.69. The molecule has 9 heteroatoms. The van der Waals surface area contributed by atoms with Crippen molar-refractivity contribution < 1.29 is 9.53 Å². The van der Waals surface area contributed by atoms with E-state index in [1.165, 1.54) is 7.05 Å². The van der Waals surface area contributed by atoms with Gasteiger partial charge in [-0.1, -0.05) is 11.6 Å². The average molecular weight is 401 g/mol. The van der Waals surface area contributed by atoms with Gasteiger partial charge in [-0.05, 0) is 55.5 Å². The minimum Gasteiger partial charge on any atom is -0.494 e. The highest BCUT2D eigenvalue weighted by Crippen LogP contribution is 2.16. The van der Waals surface area contributed by atoms with Crippen LogP contribution in [0.25, 0.3) is 5.69 Å². The lowest BCUT2D eigenvalue weighted by Crippen LogP contribution is -2.43. The summed E-state index contributed by atoms with van der Waals surface area (Å²) in [4.78, 5) is 37.4. The Labute approximate surface area is 165 Å². The number of carbonyl (C=O) groups excluding carboxylic acids is 1. The monoisotopic (exact) mass is 400 g/mol. The normalized spacial score (nSPS) is 10.5. The van der Waals surface area contributed by atoms with Gasteiger partial charge in [0.1, 0.15) is 5.75 Å². The SMILES string of the molecule is CCOc1ccc(NC(=O)c2nn(-c3ccc(Cl)cc3)c(=O)n(C)c2=O)cc1. The molecule has 1 amide bonds. The predicted molar refractivity (Wildman–Crippen MR) is 106 cm³/mol. The van der Waals surface area contributed by atoms with Gasteiger partial charge in [0, 0.05) is 17.8 Å². The number of aromatic nitrogens is 3. The van der Waals surface area contributed by atoms with Crippen LogP contribution in [-0.2, 0) is 7.05 Å². The number of benzene rings is 2. The van der Waals surface area contributed by atoms with Crippen LogP contribution in [0.5, 0.6) is 5.75 Å². The molecule has 28 heavy (non-hydrogen) atoms. The van der Waals surface area contributed by atoms with Crippen LogP contribution >= 0.6 is 11.6 Å². The Morgan fingerprint density at radius 3 is 2.36 bits per heavy atom. The van der Waals surface area contributed by atoms with Gasteiger partial charge in [-0.25, -0.2) is 4.79 Å². The summed E-state index contributed by atoms with van der Waals surface area (Å²) in [6.07, 6.45) is 0. The number of amides is 1. The number of hydrogen-bond donors (Lipinski definition) is 1. The van der Waals surface area contributed by atoms with Crippen LogP contribution in [0.3, 0.4) is 0 Å². The Balaban J connectivity index is 1.96. The second kappa shape index (κ2) is 8.10. The lowest BCUT2D eigenvalue weighted by atomic mass is 10.3. The highest BCUT2D eigenvalue weighted by Gasteiger charge is 2.19. The highest BCUT2D eigenvalue weighted by atomic mass is 35.5. The molecule has 0 aliphatic rings.